The van der Waals surface area contributed by atoms with Crippen LogP contribution in [0.2, 0.25) is 0 Å². The molecule has 2 aliphatic heterocycles. The van der Waals surface area contributed by atoms with Gasteiger partial charge < -0.3 is 5.32 Å². The summed E-state index contributed by atoms with van der Waals surface area (Å²) in [7, 11) is -2.93. The SMILES string of the molecule is O=C1NC(CSC2CCS(=O)(=O)CC2)=NC2=CC(=NCC3CCC3)C(F)=C(F)C12. The van der Waals surface area contributed by atoms with E-state index in [1.165, 1.54) is 17.8 Å². The topological polar surface area (TPSA) is 88.0 Å². The number of amidine groups is 1. The van der Waals surface area contributed by atoms with Crippen molar-refractivity contribution < 1.29 is 22.0 Å². The van der Waals surface area contributed by atoms with Gasteiger partial charge in [0, 0.05) is 11.8 Å². The van der Waals surface area contributed by atoms with Crippen LogP contribution in [0.15, 0.2) is 33.4 Å². The molecule has 0 bridgehead atoms. The Morgan fingerprint density at radius 1 is 1.21 bits per heavy atom. The molecule has 2 fully saturated rings. The van der Waals surface area contributed by atoms with E-state index in [1.807, 2.05) is 0 Å². The van der Waals surface area contributed by atoms with Crippen LogP contribution in [0, 0.1) is 11.8 Å². The minimum absolute atomic E-state index is 0.0800. The highest BCUT2D eigenvalue weighted by atomic mass is 32.2. The summed E-state index contributed by atoms with van der Waals surface area (Å²) in [5.74, 6) is -2.71. The second kappa shape index (κ2) is 8.29. The zero-order chi connectivity index (χ0) is 20.6. The van der Waals surface area contributed by atoms with E-state index in [2.05, 4.69) is 15.3 Å². The van der Waals surface area contributed by atoms with Gasteiger partial charge in [0.25, 0.3) is 0 Å². The lowest BCUT2D eigenvalue weighted by atomic mass is 9.85. The van der Waals surface area contributed by atoms with Crippen molar-refractivity contribution in [2.24, 2.45) is 21.8 Å². The lowest BCUT2D eigenvalue weighted by molar-refractivity contribution is -0.122. The molecule has 1 unspecified atom stereocenters. The molecular formula is C19H23F2N3O3S2. The summed E-state index contributed by atoms with van der Waals surface area (Å²) in [4.78, 5) is 20.9. The van der Waals surface area contributed by atoms with Crippen LogP contribution in [0.1, 0.15) is 32.1 Å². The molecule has 0 aromatic heterocycles. The molecular weight excluding hydrogens is 420 g/mol. The van der Waals surface area contributed by atoms with E-state index in [9.17, 15) is 22.0 Å². The largest absolute Gasteiger partial charge is 0.313 e. The Morgan fingerprint density at radius 2 is 1.93 bits per heavy atom. The van der Waals surface area contributed by atoms with Crippen LogP contribution < -0.4 is 5.32 Å². The first kappa shape index (κ1) is 20.7. The van der Waals surface area contributed by atoms with E-state index >= 15 is 0 Å². The van der Waals surface area contributed by atoms with Crippen molar-refractivity contribution in [1.82, 2.24) is 5.32 Å². The molecule has 0 aromatic rings. The van der Waals surface area contributed by atoms with E-state index in [1.54, 1.807) is 0 Å². The number of nitrogens with one attached hydrogen (secondary N) is 1. The quantitative estimate of drug-likeness (QED) is 0.708. The number of hydrogen-bond acceptors (Lipinski definition) is 6. The van der Waals surface area contributed by atoms with Crippen LogP contribution in [0.3, 0.4) is 0 Å². The first-order valence-electron chi connectivity index (χ1n) is 9.84. The van der Waals surface area contributed by atoms with Gasteiger partial charge in [0.2, 0.25) is 5.91 Å². The van der Waals surface area contributed by atoms with Gasteiger partial charge in [-0.1, -0.05) is 6.42 Å². The predicted molar refractivity (Wildman–Crippen MR) is 110 cm³/mol. The first-order chi connectivity index (χ1) is 13.8. The van der Waals surface area contributed by atoms with E-state index in [0.717, 1.165) is 19.3 Å². The Kier molecular flexibility index (Phi) is 5.92. The maximum Gasteiger partial charge on any atom is 0.241 e. The molecule has 1 saturated carbocycles. The van der Waals surface area contributed by atoms with Crippen molar-refractivity contribution in [3.8, 4) is 0 Å². The molecule has 158 valence electrons. The van der Waals surface area contributed by atoms with E-state index in [0.29, 0.717) is 36.9 Å². The molecule has 2 aliphatic carbocycles. The van der Waals surface area contributed by atoms with E-state index in [4.69, 9.17) is 0 Å². The van der Waals surface area contributed by atoms with Gasteiger partial charge in [-0.15, -0.1) is 0 Å². The zero-order valence-corrected chi connectivity index (χ0v) is 17.5. The Hall–Kier alpha value is -1.55. The molecule has 1 N–H and O–H groups in total. The summed E-state index contributed by atoms with van der Waals surface area (Å²) in [5, 5.41) is 2.73. The number of aliphatic imine (C=N–C) groups is 2. The Labute approximate surface area is 172 Å². The zero-order valence-electron chi connectivity index (χ0n) is 15.9. The first-order valence-corrected chi connectivity index (χ1v) is 12.7. The number of thioether (sulfide) groups is 1. The Bertz CT molecular complexity index is 922. The molecule has 4 aliphatic rings. The lowest BCUT2D eigenvalue weighted by Gasteiger charge is -2.27. The van der Waals surface area contributed by atoms with Crippen LogP contribution >= 0.6 is 11.8 Å². The highest BCUT2D eigenvalue weighted by Crippen LogP contribution is 2.35. The second-order valence-corrected chi connectivity index (χ2v) is 11.5. The van der Waals surface area contributed by atoms with Crippen molar-refractivity contribution >= 4 is 39.1 Å². The fourth-order valence-electron chi connectivity index (χ4n) is 3.73. The Morgan fingerprint density at radius 3 is 2.59 bits per heavy atom. The fraction of sp³-hybridized carbons (Fsp3) is 0.632. The van der Waals surface area contributed by atoms with Crippen LogP contribution in [0.5, 0.6) is 0 Å². The summed E-state index contributed by atoms with van der Waals surface area (Å²) in [5.41, 5.74) is 0.0884. The summed E-state index contributed by atoms with van der Waals surface area (Å²) in [6, 6.07) is 0. The molecule has 1 saturated heterocycles. The third kappa shape index (κ3) is 4.63. The number of sulfone groups is 1. The minimum atomic E-state index is -2.93. The van der Waals surface area contributed by atoms with Crippen molar-refractivity contribution in [1.29, 1.82) is 0 Å². The van der Waals surface area contributed by atoms with Gasteiger partial charge in [-0.25, -0.2) is 22.2 Å². The van der Waals surface area contributed by atoms with Crippen LogP contribution in [-0.2, 0) is 14.6 Å². The number of allylic oxidation sites excluding steroid dienone is 2. The number of rotatable bonds is 5. The van der Waals surface area contributed by atoms with Gasteiger partial charge in [-0.05, 0) is 37.7 Å². The number of amides is 1. The van der Waals surface area contributed by atoms with Gasteiger partial charge in [0.15, 0.2) is 11.7 Å². The predicted octanol–water partition coefficient (Wildman–Crippen LogP) is 2.73. The number of carbonyl (C=O) groups excluding carboxylic acids is 1. The van der Waals surface area contributed by atoms with Crippen molar-refractivity contribution in [2.45, 2.75) is 37.4 Å². The molecule has 4 rings (SSSR count). The molecule has 0 spiro atoms. The average Bonchev–Trinajstić information content (AvgIpc) is 2.63. The van der Waals surface area contributed by atoms with Crippen LogP contribution in [-0.4, -0.2) is 54.9 Å². The number of fused-ring (bicyclic) bond motifs is 1. The number of nitrogens with zero attached hydrogens (tertiary/aromatic N) is 2. The molecule has 6 nitrogen and oxygen atoms in total. The number of carbonyl (C=O) groups is 1. The Balaban J connectivity index is 1.46. The molecule has 1 atom stereocenters. The van der Waals surface area contributed by atoms with Crippen LogP contribution in [0.25, 0.3) is 0 Å². The molecule has 0 aromatic carbocycles. The maximum absolute atomic E-state index is 14.5. The van der Waals surface area contributed by atoms with E-state index in [-0.39, 0.29) is 28.2 Å². The second-order valence-electron chi connectivity index (χ2n) is 7.90. The summed E-state index contributed by atoms with van der Waals surface area (Å²) in [6.45, 7) is 0.452. The van der Waals surface area contributed by atoms with Crippen molar-refractivity contribution in [3.63, 3.8) is 0 Å². The van der Waals surface area contributed by atoms with Gasteiger partial charge >= 0.3 is 0 Å². The monoisotopic (exact) mass is 443 g/mol. The molecule has 29 heavy (non-hydrogen) atoms. The number of hydrogen-bond donors (Lipinski definition) is 1. The normalized spacial score (nSPS) is 29.1. The third-order valence-electron chi connectivity index (χ3n) is 5.76. The number of halogens is 2. The van der Waals surface area contributed by atoms with Gasteiger partial charge in [0.1, 0.15) is 21.6 Å². The van der Waals surface area contributed by atoms with Crippen LogP contribution in [0.4, 0.5) is 8.78 Å². The summed E-state index contributed by atoms with van der Waals surface area (Å²) in [6.07, 6.45) is 5.75. The maximum atomic E-state index is 14.5. The lowest BCUT2D eigenvalue weighted by Crippen LogP contribution is -2.43. The fourth-order valence-corrected chi connectivity index (χ4v) is 6.62. The van der Waals surface area contributed by atoms with Gasteiger partial charge in [-0.3, -0.25) is 9.79 Å². The standard InChI is InChI=1S/C19H23F2N3O3S2/c20-17-14(22-9-11-2-1-3-11)8-13-16(18(17)21)19(25)24-15(23-13)10-28-12-4-6-29(26,27)7-5-12/h8,11-12,16H,1-7,9-10H2,(H,23,24,25). The minimum Gasteiger partial charge on any atom is -0.313 e. The molecule has 10 heteroatoms. The average molecular weight is 444 g/mol. The van der Waals surface area contributed by atoms with Gasteiger partial charge in [-0.2, -0.15) is 11.8 Å². The third-order valence-corrected chi connectivity index (χ3v) is 8.86. The highest BCUT2D eigenvalue weighted by molar-refractivity contribution is 8.00. The van der Waals surface area contributed by atoms with Crippen molar-refractivity contribution in [3.05, 3.63) is 23.4 Å². The van der Waals surface area contributed by atoms with Crippen molar-refractivity contribution in [2.75, 3.05) is 23.8 Å². The van der Waals surface area contributed by atoms with E-state index < -0.39 is 33.3 Å². The smallest absolute Gasteiger partial charge is 0.241 e. The molecule has 0 radical (unpaired) electrons. The molecule has 2 heterocycles. The highest BCUT2D eigenvalue weighted by Gasteiger charge is 2.39. The summed E-state index contributed by atoms with van der Waals surface area (Å²) < 4.78 is 51.9. The van der Waals surface area contributed by atoms with Gasteiger partial charge in [0.05, 0.1) is 28.7 Å². The molecule has 1 amide bonds. The summed E-state index contributed by atoms with van der Waals surface area (Å²) >= 11 is 1.53.